The van der Waals surface area contributed by atoms with Gasteiger partial charge in [0.2, 0.25) is 11.8 Å². The number of rotatable bonds is 11. The van der Waals surface area contributed by atoms with Crippen LogP contribution in [0.1, 0.15) is 33.4 Å². The number of nitrogen functional groups attached to an aromatic ring is 1. The van der Waals surface area contributed by atoms with Crippen molar-refractivity contribution in [2.75, 3.05) is 31.3 Å². The standard InChI is InChI=1S/C23H31FN7O6P/c1-5-34-21(32)15(3)30-38(33,37-16-9-7-6-8-10-16)35-12-23(24)11-14(2)20(36-23)31-13-27-17-18(26-4)28-22(25)29-19(17)31/h6-10,13-15,20H,5,11-12H2,1-4H3,(H,30,33)(H3,25,26,28,29)/t14-,15-,20+,23-,38-/m0/s1. The second-order valence-electron chi connectivity index (χ2n) is 8.86. The van der Waals surface area contributed by atoms with Crippen LogP contribution >= 0.6 is 7.75 Å². The molecule has 4 N–H and O–H groups in total. The summed E-state index contributed by atoms with van der Waals surface area (Å²) < 4.78 is 53.0. The summed E-state index contributed by atoms with van der Waals surface area (Å²) in [5.74, 6) is -2.71. The first kappa shape index (κ1) is 27.7. The Balaban J connectivity index is 1.53. The predicted octanol–water partition coefficient (Wildman–Crippen LogP) is 3.42. The summed E-state index contributed by atoms with van der Waals surface area (Å²) in [6, 6.07) is 7.14. The molecule has 1 saturated heterocycles. The average molecular weight is 552 g/mol. The van der Waals surface area contributed by atoms with Crippen LogP contribution in [0.4, 0.5) is 16.2 Å². The van der Waals surface area contributed by atoms with E-state index >= 15 is 4.39 Å². The minimum absolute atomic E-state index is 0.0184. The van der Waals surface area contributed by atoms with Crippen LogP contribution in [0.2, 0.25) is 0 Å². The fourth-order valence-electron chi connectivity index (χ4n) is 4.13. The van der Waals surface area contributed by atoms with Gasteiger partial charge in [0.25, 0.3) is 0 Å². The molecule has 1 aliphatic heterocycles. The van der Waals surface area contributed by atoms with E-state index in [0.29, 0.717) is 17.0 Å². The Kier molecular flexibility index (Phi) is 8.16. The average Bonchev–Trinajstić information content (AvgIpc) is 3.43. The molecule has 3 heterocycles. The molecule has 3 aromatic rings. The van der Waals surface area contributed by atoms with E-state index in [1.54, 1.807) is 55.8 Å². The number of esters is 1. The number of benzene rings is 1. The predicted molar refractivity (Wildman–Crippen MR) is 137 cm³/mol. The van der Waals surface area contributed by atoms with Crippen molar-refractivity contribution < 1.29 is 32.3 Å². The molecule has 13 nitrogen and oxygen atoms in total. The van der Waals surface area contributed by atoms with Crippen LogP contribution in [-0.4, -0.2) is 57.6 Å². The van der Waals surface area contributed by atoms with Crippen LogP contribution in [0.25, 0.3) is 11.2 Å². The smallest absolute Gasteiger partial charge is 0.459 e. The Morgan fingerprint density at radius 3 is 2.79 bits per heavy atom. The van der Waals surface area contributed by atoms with Gasteiger partial charge in [0.05, 0.1) is 12.9 Å². The Hall–Kier alpha value is -3.32. The second kappa shape index (κ2) is 11.2. The minimum Gasteiger partial charge on any atom is -0.465 e. The third kappa shape index (κ3) is 6.04. The van der Waals surface area contributed by atoms with Crippen LogP contribution in [-0.2, 0) is 23.4 Å². The van der Waals surface area contributed by atoms with Crippen LogP contribution in [0.5, 0.6) is 5.75 Å². The molecular formula is C23H31FN7O6P. The van der Waals surface area contributed by atoms with E-state index in [1.165, 1.54) is 13.3 Å². The number of hydrogen-bond acceptors (Lipinski definition) is 11. The number of carbonyl (C=O) groups excluding carboxylic acids is 1. The maximum atomic E-state index is 16.0. The maximum absolute atomic E-state index is 16.0. The van der Waals surface area contributed by atoms with Crippen molar-refractivity contribution in [3.05, 3.63) is 36.7 Å². The Labute approximate surface area is 218 Å². The van der Waals surface area contributed by atoms with Crippen molar-refractivity contribution in [2.24, 2.45) is 5.92 Å². The summed E-state index contributed by atoms with van der Waals surface area (Å²) in [4.78, 5) is 24.8. The summed E-state index contributed by atoms with van der Waals surface area (Å²) in [5.41, 5.74) is 6.65. The number of halogens is 1. The molecule has 0 unspecified atom stereocenters. The highest BCUT2D eigenvalue weighted by atomic mass is 31.2. The first-order valence-corrected chi connectivity index (χ1v) is 13.6. The normalized spacial score (nSPS) is 23.6. The lowest BCUT2D eigenvalue weighted by atomic mass is 10.1. The lowest BCUT2D eigenvalue weighted by molar-refractivity contribution is -0.173. The van der Waals surface area contributed by atoms with Crippen molar-refractivity contribution in [3.63, 3.8) is 0 Å². The number of ether oxygens (including phenoxy) is 2. The Bertz CT molecular complexity index is 1330. The van der Waals surface area contributed by atoms with E-state index < -0.39 is 38.4 Å². The van der Waals surface area contributed by atoms with Crippen LogP contribution in [0.3, 0.4) is 0 Å². The van der Waals surface area contributed by atoms with E-state index in [9.17, 15) is 9.36 Å². The number of nitrogens with zero attached hydrogens (tertiary/aromatic N) is 4. The number of carbonyl (C=O) groups is 1. The molecule has 38 heavy (non-hydrogen) atoms. The number of aromatic nitrogens is 4. The lowest BCUT2D eigenvalue weighted by Gasteiger charge is -2.26. The first-order chi connectivity index (χ1) is 18.1. The van der Waals surface area contributed by atoms with E-state index in [2.05, 4.69) is 25.4 Å². The van der Waals surface area contributed by atoms with Gasteiger partial charge in [0, 0.05) is 19.4 Å². The lowest BCUT2D eigenvalue weighted by Crippen LogP contribution is -2.37. The molecule has 0 saturated carbocycles. The fraction of sp³-hybridized carbons (Fsp3) is 0.478. The molecule has 0 amide bonds. The molecule has 4 rings (SSSR count). The number of hydrogen-bond donors (Lipinski definition) is 3. The quantitative estimate of drug-likeness (QED) is 0.235. The van der Waals surface area contributed by atoms with Gasteiger partial charge in [-0.3, -0.25) is 13.9 Å². The number of nitrogens with one attached hydrogen (secondary N) is 2. The van der Waals surface area contributed by atoms with Gasteiger partial charge in [-0.05, 0) is 26.0 Å². The number of fused-ring (bicyclic) bond motifs is 1. The highest BCUT2D eigenvalue weighted by Crippen LogP contribution is 2.49. The van der Waals surface area contributed by atoms with Crippen LogP contribution in [0.15, 0.2) is 36.7 Å². The molecule has 15 heteroatoms. The summed E-state index contributed by atoms with van der Waals surface area (Å²) in [7, 11) is -2.59. The molecule has 1 aliphatic rings. The molecule has 206 valence electrons. The van der Waals surface area contributed by atoms with E-state index in [-0.39, 0.29) is 30.6 Å². The SMILES string of the molecule is CCOC(=O)[C@H](C)N[P@](=O)(OC[C@]1(F)C[C@H](C)[C@H](n2cnc3c(NC)nc(N)nc32)O1)Oc1ccccc1. The van der Waals surface area contributed by atoms with Crippen LogP contribution in [0, 0.1) is 5.92 Å². The van der Waals surface area contributed by atoms with Crippen molar-refractivity contribution >= 4 is 36.6 Å². The largest absolute Gasteiger partial charge is 0.465 e. The van der Waals surface area contributed by atoms with E-state index in [1.807, 2.05) is 0 Å². The fourth-order valence-corrected chi connectivity index (χ4v) is 5.65. The van der Waals surface area contributed by atoms with Gasteiger partial charge in [0.15, 0.2) is 17.0 Å². The van der Waals surface area contributed by atoms with Gasteiger partial charge in [-0.2, -0.15) is 15.1 Å². The molecular weight excluding hydrogens is 520 g/mol. The van der Waals surface area contributed by atoms with Gasteiger partial charge < -0.3 is 25.0 Å². The van der Waals surface area contributed by atoms with E-state index in [0.717, 1.165) is 0 Å². The van der Waals surface area contributed by atoms with Crippen LogP contribution < -0.4 is 20.7 Å². The zero-order chi connectivity index (χ0) is 27.5. The van der Waals surface area contributed by atoms with Crippen molar-refractivity contribution in [2.45, 2.75) is 45.3 Å². The molecule has 0 bridgehead atoms. The summed E-state index contributed by atoms with van der Waals surface area (Å²) in [5, 5.41) is 5.43. The minimum atomic E-state index is -4.26. The van der Waals surface area contributed by atoms with Gasteiger partial charge in [-0.1, -0.05) is 25.1 Å². The molecule has 1 fully saturated rings. The number of para-hydroxylation sites is 1. The van der Waals surface area contributed by atoms with Crippen molar-refractivity contribution in [1.82, 2.24) is 24.6 Å². The molecule has 0 radical (unpaired) electrons. The first-order valence-electron chi connectivity index (χ1n) is 12.0. The Morgan fingerprint density at radius 1 is 1.37 bits per heavy atom. The van der Waals surface area contributed by atoms with E-state index in [4.69, 9.17) is 24.3 Å². The third-order valence-electron chi connectivity index (χ3n) is 5.81. The molecule has 5 atom stereocenters. The zero-order valence-electron chi connectivity index (χ0n) is 21.5. The third-order valence-corrected chi connectivity index (χ3v) is 7.43. The van der Waals surface area contributed by atoms with Crippen molar-refractivity contribution in [1.29, 1.82) is 0 Å². The monoisotopic (exact) mass is 551 g/mol. The molecule has 2 aromatic heterocycles. The highest BCUT2D eigenvalue weighted by Gasteiger charge is 2.49. The van der Waals surface area contributed by atoms with Gasteiger partial charge in [-0.15, -0.1) is 0 Å². The van der Waals surface area contributed by atoms with Gasteiger partial charge in [0.1, 0.15) is 24.6 Å². The highest BCUT2D eigenvalue weighted by molar-refractivity contribution is 7.52. The molecule has 1 aromatic carbocycles. The second-order valence-corrected chi connectivity index (χ2v) is 10.5. The topological polar surface area (TPSA) is 165 Å². The van der Waals surface area contributed by atoms with Gasteiger partial charge >= 0.3 is 13.7 Å². The number of imidazole rings is 1. The van der Waals surface area contributed by atoms with Gasteiger partial charge in [-0.25, -0.2) is 13.9 Å². The van der Waals surface area contributed by atoms with Crippen molar-refractivity contribution in [3.8, 4) is 5.75 Å². The Morgan fingerprint density at radius 2 is 2.11 bits per heavy atom. The molecule has 0 aliphatic carbocycles. The summed E-state index contributed by atoms with van der Waals surface area (Å²) >= 11 is 0. The summed E-state index contributed by atoms with van der Waals surface area (Å²) in [6.07, 6.45) is 0.572. The summed E-state index contributed by atoms with van der Waals surface area (Å²) in [6.45, 7) is 4.27. The molecule has 0 spiro atoms. The number of nitrogens with two attached hydrogens (primary N) is 1. The maximum Gasteiger partial charge on any atom is 0.459 e. The zero-order valence-corrected chi connectivity index (χ0v) is 22.4. The number of alkyl halides is 1. The number of anilines is 2.